The van der Waals surface area contributed by atoms with Gasteiger partial charge in [-0.25, -0.2) is 22.5 Å². The zero-order chi connectivity index (χ0) is 24.1. The molecule has 0 spiro atoms. The summed E-state index contributed by atoms with van der Waals surface area (Å²) in [6.07, 6.45) is 6.05. The third-order valence-corrected chi connectivity index (χ3v) is 9.46. The van der Waals surface area contributed by atoms with Crippen LogP contribution in [0.2, 0.25) is 0 Å². The van der Waals surface area contributed by atoms with Crippen molar-refractivity contribution in [1.82, 2.24) is 14.3 Å². The number of aryl methyl sites for hydroxylation is 1. The fraction of sp³-hybridized carbons (Fsp3) is 0.480. The molecule has 178 valence electrons. The topological polar surface area (TPSA) is 64.0 Å². The zero-order valence-electron chi connectivity index (χ0n) is 20.1. The fourth-order valence-electron chi connectivity index (χ4n) is 4.56. The maximum atomic E-state index is 15.4. The highest BCUT2D eigenvalue weighted by molar-refractivity contribution is 7.91. The van der Waals surface area contributed by atoms with E-state index >= 15 is 4.39 Å². The van der Waals surface area contributed by atoms with Crippen molar-refractivity contribution in [2.45, 2.75) is 76.6 Å². The van der Waals surface area contributed by atoms with Gasteiger partial charge in [0.2, 0.25) is 0 Å². The molecule has 3 aromatic rings. The molecule has 33 heavy (non-hydrogen) atoms. The molecular weight excluding hydrogens is 457 g/mol. The van der Waals surface area contributed by atoms with Gasteiger partial charge in [-0.15, -0.1) is 11.3 Å². The highest BCUT2D eigenvalue weighted by atomic mass is 32.2. The van der Waals surface area contributed by atoms with E-state index in [9.17, 15) is 8.42 Å². The van der Waals surface area contributed by atoms with E-state index in [-0.39, 0.29) is 16.1 Å². The summed E-state index contributed by atoms with van der Waals surface area (Å²) in [6, 6.07) is 5.08. The molecule has 1 atom stereocenters. The lowest BCUT2D eigenvalue weighted by molar-refractivity contribution is 0.492. The van der Waals surface area contributed by atoms with E-state index in [4.69, 9.17) is 0 Å². The van der Waals surface area contributed by atoms with Crippen molar-refractivity contribution >= 4 is 21.4 Å². The van der Waals surface area contributed by atoms with E-state index in [1.54, 1.807) is 12.3 Å². The number of aromatic nitrogens is 2. The molecule has 1 unspecified atom stereocenters. The third-order valence-electron chi connectivity index (χ3n) is 5.87. The Morgan fingerprint density at radius 1 is 1.30 bits per heavy atom. The fourth-order valence-corrected chi connectivity index (χ4v) is 8.13. The van der Waals surface area contributed by atoms with E-state index in [2.05, 4.69) is 23.6 Å². The Kier molecular flexibility index (Phi) is 6.31. The highest BCUT2D eigenvalue weighted by Crippen LogP contribution is 2.42. The molecule has 0 fully saturated rings. The average molecular weight is 490 g/mol. The summed E-state index contributed by atoms with van der Waals surface area (Å²) in [5.74, 6) is 1.03. The number of hydrogen-bond donors (Lipinski definition) is 1. The summed E-state index contributed by atoms with van der Waals surface area (Å²) in [5, 5.41) is 0. The van der Waals surface area contributed by atoms with Crippen molar-refractivity contribution in [2.75, 3.05) is 0 Å². The smallest absolute Gasteiger partial charge is 0.251 e. The predicted molar refractivity (Wildman–Crippen MR) is 132 cm³/mol. The Bertz CT molecular complexity index is 1280. The van der Waals surface area contributed by atoms with Gasteiger partial charge in [-0.3, -0.25) is 0 Å². The van der Waals surface area contributed by atoms with Gasteiger partial charge in [-0.2, -0.15) is 0 Å². The second kappa shape index (κ2) is 8.64. The minimum Gasteiger partial charge on any atom is -0.327 e. The average Bonchev–Trinajstić information content (AvgIpc) is 3.35. The van der Waals surface area contributed by atoms with Crippen LogP contribution in [0.4, 0.5) is 4.39 Å². The summed E-state index contributed by atoms with van der Waals surface area (Å²) in [6.45, 7) is 11.6. The zero-order valence-corrected chi connectivity index (χ0v) is 21.7. The number of fused-ring (bicyclic) bond motifs is 1. The molecule has 0 saturated heterocycles. The second-order valence-corrected chi connectivity index (χ2v) is 13.3. The molecule has 0 aliphatic carbocycles. The van der Waals surface area contributed by atoms with Crippen molar-refractivity contribution < 1.29 is 12.8 Å². The number of sulfonamides is 1. The van der Waals surface area contributed by atoms with Crippen LogP contribution < -0.4 is 4.72 Å². The second-order valence-electron chi connectivity index (χ2n) is 10.3. The number of hydrogen-bond acceptors (Lipinski definition) is 4. The van der Waals surface area contributed by atoms with E-state index in [1.807, 2.05) is 44.5 Å². The summed E-state index contributed by atoms with van der Waals surface area (Å²) in [4.78, 5) is 5.37. The lowest BCUT2D eigenvalue weighted by atomic mass is 9.97. The maximum Gasteiger partial charge on any atom is 0.251 e. The molecule has 0 bridgehead atoms. The van der Waals surface area contributed by atoms with Gasteiger partial charge >= 0.3 is 0 Å². The highest BCUT2D eigenvalue weighted by Gasteiger charge is 2.31. The molecule has 8 heteroatoms. The molecule has 1 aromatic carbocycles. The quantitative estimate of drug-likeness (QED) is 0.471. The monoisotopic (exact) mass is 489 g/mol. The van der Waals surface area contributed by atoms with Gasteiger partial charge in [0, 0.05) is 40.4 Å². The summed E-state index contributed by atoms with van der Waals surface area (Å²) in [7, 11) is -3.77. The standard InChI is InChI=1S/C25H32FN3O2S2/c1-15(2)13-21-16(3)23(24(32-21)33(30,31)28-25(4,5)6)17-7-8-18(19(26)14-17)20-9-10-22-27-11-12-29(20)22/h7-8,11-12,14-15,20,28H,9-10,13H2,1-6H3. The number of halogens is 1. The molecule has 4 rings (SSSR count). The van der Waals surface area contributed by atoms with Crippen LogP contribution in [0.3, 0.4) is 0 Å². The number of imidazole rings is 1. The molecule has 3 heterocycles. The summed E-state index contributed by atoms with van der Waals surface area (Å²) < 4.78 is 47.2. The minimum atomic E-state index is -3.77. The van der Waals surface area contributed by atoms with E-state index in [1.165, 1.54) is 17.4 Å². The Morgan fingerprint density at radius 2 is 2.03 bits per heavy atom. The third kappa shape index (κ3) is 4.79. The number of thiophene rings is 1. The Morgan fingerprint density at radius 3 is 2.67 bits per heavy atom. The lowest BCUT2D eigenvalue weighted by Gasteiger charge is -2.20. The summed E-state index contributed by atoms with van der Waals surface area (Å²) >= 11 is 1.30. The van der Waals surface area contributed by atoms with Crippen molar-refractivity contribution in [3.63, 3.8) is 0 Å². The van der Waals surface area contributed by atoms with Crippen LogP contribution in [0.15, 0.2) is 34.8 Å². The SMILES string of the molecule is Cc1c(CC(C)C)sc(S(=O)(=O)NC(C)(C)C)c1-c1ccc(C2CCc3nccn32)c(F)c1. The number of rotatable bonds is 6. The van der Waals surface area contributed by atoms with Crippen LogP contribution in [0.25, 0.3) is 11.1 Å². The molecule has 5 nitrogen and oxygen atoms in total. The van der Waals surface area contributed by atoms with Gasteiger partial charge in [-0.05, 0) is 63.6 Å². The van der Waals surface area contributed by atoms with Crippen LogP contribution >= 0.6 is 11.3 Å². The molecule has 0 amide bonds. The molecule has 0 saturated carbocycles. The predicted octanol–water partition coefficient (Wildman–Crippen LogP) is 5.87. The number of benzene rings is 1. The van der Waals surface area contributed by atoms with Gasteiger partial charge < -0.3 is 4.57 Å². The maximum absolute atomic E-state index is 15.4. The summed E-state index contributed by atoms with van der Waals surface area (Å²) in [5.41, 5.74) is 2.10. The van der Waals surface area contributed by atoms with Gasteiger partial charge in [0.15, 0.2) is 0 Å². The van der Waals surface area contributed by atoms with Gasteiger partial charge in [-0.1, -0.05) is 26.0 Å². The molecule has 1 N–H and O–H groups in total. The number of nitrogens with one attached hydrogen (secondary N) is 1. The first-order valence-corrected chi connectivity index (χ1v) is 13.6. The Hall–Kier alpha value is -2.03. The van der Waals surface area contributed by atoms with Gasteiger partial charge in [0.25, 0.3) is 10.0 Å². The van der Waals surface area contributed by atoms with Gasteiger partial charge in [0.1, 0.15) is 15.9 Å². The first-order chi connectivity index (χ1) is 15.4. The molecule has 0 radical (unpaired) electrons. The van der Waals surface area contributed by atoms with Crippen molar-refractivity contribution in [2.24, 2.45) is 5.92 Å². The molecule has 1 aliphatic rings. The van der Waals surface area contributed by atoms with Crippen molar-refractivity contribution in [3.05, 3.63) is 58.2 Å². The Labute approximate surface area is 200 Å². The van der Waals surface area contributed by atoms with Crippen molar-refractivity contribution in [3.8, 4) is 11.1 Å². The van der Waals surface area contributed by atoms with E-state index < -0.39 is 15.6 Å². The first-order valence-electron chi connectivity index (χ1n) is 11.3. The van der Waals surface area contributed by atoms with Crippen LogP contribution in [0.5, 0.6) is 0 Å². The normalized spacial score (nSPS) is 16.5. The van der Waals surface area contributed by atoms with Crippen molar-refractivity contribution in [1.29, 1.82) is 0 Å². The molecule has 2 aromatic heterocycles. The largest absolute Gasteiger partial charge is 0.327 e. The lowest BCUT2D eigenvalue weighted by Crippen LogP contribution is -2.40. The number of nitrogens with zero attached hydrogens (tertiary/aromatic N) is 2. The van der Waals surface area contributed by atoms with Crippen LogP contribution in [0.1, 0.15) is 68.9 Å². The van der Waals surface area contributed by atoms with Crippen LogP contribution in [-0.2, 0) is 22.9 Å². The van der Waals surface area contributed by atoms with Crippen LogP contribution in [-0.4, -0.2) is 23.5 Å². The van der Waals surface area contributed by atoms with Gasteiger partial charge in [0.05, 0.1) is 6.04 Å². The molecule has 1 aliphatic heterocycles. The minimum absolute atomic E-state index is 0.0811. The van der Waals surface area contributed by atoms with Crippen LogP contribution in [0, 0.1) is 18.7 Å². The molecular formula is C25H32FN3O2S2. The van der Waals surface area contributed by atoms with E-state index in [0.29, 0.717) is 22.6 Å². The Balaban J connectivity index is 1.81. The van der Waals surface area contributed by atoms with E-state index in [0.717, 1.165) is 35.5 Å². The first kappa shape index (κ1) is 24.1.